The minimum absolute atomic E-state index is 0.238. The summed E-state index contributed by atoms with van der Waals surface area (Å²) in [7, 11) is 0. The summed E-state index contributed by atoms with van der Waals surface area (Å²) in [6.45, 7) is 11.8. The van der Waals surface area contributed by atoms with Crippen LogP contribution >= 0.6 is 0 Å². The molecule has 2 heterocycles. The van der Waals surface area contributed by atoms with Crippen molar-refractivity contribution >= 4 is 16.9 Å². The Morgan fingerprint density at radius 2 is 2.00 bits per heavy atom. The fourth-order valence-electron chi connectivity index (χ4n) is 2.51. The smallest absolute Gasteiger partial charge is 0.146 e. The summed E-state index contributed by atoms with van der Waals surface area (Å²) in [4.78, 5) is 8.46. The molecule has 0 atom stereocenters. The predicted molar refractivity (Wildman–Crippen MR) is 77.1 cm³/mol. The SMILES string of the molecule is CCOC(C)(C)Cn1c(C)c(C)c2c(N)ncnc21. The van der Waals surface area contributed by atoms with Crippen LogP contribution in [-0.4, -0.2) is 26.7 Å². The lowest BCUT2D eigenvalue weighted by Gasteiger charge is -2.26. The Bertz CT molecular complexity index is 601. The van der Waals surface area contributed by atoms with Crippen molar-refractivity contribution in [3.63, 3.8) is 0 Å². The average molecular weight is 262 g/mol. The van der Waals surface area contributed by atoms with Gasteiger partial charge in [-0.3, -0.25) is 0 Å². The molecule has 0 amide bonds. The van der Waals surface area contributed by atoms with Gasteiger partial charge in [-0.15, -0.1) is 0 Å². The van der Waals surface area contributed by atoms with Gasteiger partial charge in [0.15, 0.2) is 0 Å². The highest BCUT2D eigenvalue weighted by Crippen LogP contribution is 2.28. The van der Waals surface area contributed by atoms with E-state index in [4.69, 9.17) is 10.5 Å². The minimum Gasteiger partial charge on any atom is -0.383 e. The third-order valence-electron chi connectivity index (χ3n) is 3.51. The highest BCUT2D eigenvalue weighted by molar-refractivity contribution is 5.90. The molecule has 5 nitrogen and oxygen atoms in total. The molecule has 0 radical (unpaired) electrons. The van der Waals surface area contributed by atoms with Gasteiger partial charge < -0.3 is 15.0 Å². The summed E-state index contributed by atoms with van der Waals surface area (Å²) in [6, 6.07) is 0. The second-order valence-corrected chi connectivity index (χ2v) is 5.45. The minimum atomic E-state index is -0.238. The van der Waals surface area contributed by atoms with Crippen molar-refractivity contribution < 1.29 is 4.74 Å². The molecule has 0 saturated carbocycles. The van der Waals surface area contributed by atoms with Crippen LogP contribution in [0.1, 0.15) is 32.0 Å². The molecule has 0 aliphatic carbocycles. The summed E-state index contributed by atoms with van der Waals surface area (Å²) < 4.78 is 7.95. The van der Waals surface area contributed by atoms with Crippen LogP contribution in [0.2, 0.25) is 0 Å². The van der Waals surface area contributed by atoms with Crippen molar-refractivity contribution in [1.29, 1.82) is 0 Å². The first-order valence-electron chi connectivity index (χ1n) is 6.57. The first-order chi connectivity index (χ1) is 8.87. The number of aryl methyl sites for hydroxylation is 1. The molecule has 0 bridgehead atoms. The standard InChI is InChI=1S/C14H22N4O/c1-6-19-14(4,5)7-18-10(3)9(2)11-12(15)16-8-17-13(11)18/h8H,6-7H2,1-5H3,(H2,15,16,17). The molecule has 0 spiro atoms. The third-order valence-corrected chi connectivity index (χ3v) is 3.51. The lowest BCUT2D eigenvalue weighted by Crippen LogP contribution is -2.31. The van der Waals surface area contributed by atoms with E-state index in [0.29, 0.717) is 12.4 Å². The van der Waals surface area contributed by atoms with Crippen LogP contribution in [0.15, 0.2) is 6.33 Å². The van der Waals surface area contributed by atoms with E-state index in [0.717, 1.165) is 28.8 Å². The largest absolute Gasteiger partial charge is 0.383 e. The highest BCUT2D eigenvalue weighted by Gasteiger charge is 2.23. The maximum absolute atomic E-state index is 5.97. The fraction of sp³-hybridized carbons (Fsp3) is 0.571. The molecule has 104 valence electrons. The molecule has 2 aromatic rings. The summed E-state index contributed by atoms with van der Waals surface area (Å²) in [5.74, 6) is 0.540. The van der Waals surface area contributed by atoms with Crippen molar-refractivity contribution in [3.8, 4) is 0 Å². The number of hydrogen-bond acceptors (Lipinski definition) is 4. The van der Waals surface area contributed by atoms with Crippen molar-refractivity contribution in [1.82, 2.24) is 14.5 Å². The topological polar surface area (TPSA) is 66.0 Å². The van der Waals surface area contributed by atoms with Gasteiger partial charge in [0.2, 0.25) is 0 Å². The van der Waals surface area contributed by atoms with Gasteiger partial charge in [-0.1, -0.05) is 0 Å². The molecule has 0 aromatic carbocycles. The Balaban J connectivity index is 2.55. The molecule has 0 fully saturated rings. The molecule has 2 rings (SSSR count). The van der Waals surface area contributed by atoms with E-state index in [1.54, 1.807) is 0 Å². The van der Waals surface area contributed by atoms with Crippen molar-refractivity contribution in [3.05, 3.63) is 17.6 Å². The van der Waals surface area contributed by atoms with Crippen LogP contribution in [0.5, 0.6) is 0 Å². The molecule has 0 aliphatic heterocycles. The van der Waals surface area contributed by atoms with E-state index in [9.17, 15) is 0 Å². The van der Waals surface area contributed by atoms with Crippen LogP contribution < -0.4 is 5.73 Å². The number of nitrogens with zero attached hydrogens (tertiary/aromatic N) is 3. The van der Waals surface area contributed by atoms with Crippen LogP contribution in [0.4, 0.5) is 5.82 Å². The first kappa shape index (κ1) is 13.8. The molecule has 0 aliphatic rings. The zero-order chi connectivity index (χ0) is 14.2. The summed E-state index contributed by atoms with van der Waals surface area (Å²) in [5, 5.41) is 0.951. The predicted octanol–water partition coefficient (Wildman–Crippen LogP) is 2.45. The Kier molecular flexibility index (Phi) is 3.49. The normalized spacial score (nSPS) is 12.3. The number of ether oxygens (including phenoxy) is 1. The Labute approximate surface area is 113 Å². The van der Waals surface area contributed by atoms with Crippen LogP contribution in [0.3, 0.4) is 0 Å². The number of aromatic nitrogens is 3. The number of rotatable bonds is 4. The van der Waals surface area contributed by atoms with Gasteiger partial charge in [0.1, 0.15) is 17.8 Å². The number of nitrogens with two attached hydrogens (primary N) is 1. The molecule has 5 heteroatoms. The van der Waals surface area contributed by atoms with E-state index in [1.807, 2.05) is 6.92 Å². The van der Waals surface area contributed by atoms with Crippen LogP contribution in [-0.2, 0) is 11.3 Å². The lowest BCUT2D eigenvalue weighted by molar-refractivity contribution is -0.0220. The van der Waals surface area contributed by atoms with Crippen molar-refractivity contribution in [2.75, 3.05) is 12.3 Å². The van der Waals surface area contributed by atoms with E-state index < -0.39 is 0 Å². The van der Waals surface area contributed by atoms with E-state index in [-0.39, 0.29) is 5.60 Å². The van der Waals surface area contributed by atoms with Gasteiger partial charge in [0, 0.05) is 12.3 Å². The number of fused-ring (bicyclic) bond motifs is 1. The Morgan fingerprint density at radius 3 is 2.63 bits per heavy atom. The average Bonchev–Trinajstić information content (AvgIpc) is 2.55. The zero-order valence-electron chi connectivity index (χ0n) is 12.3. The molecular formula is C14H22N4O. The van der Waals surface area contributed by atoms with E-state index in [1.165, 1.54) is 6.33 Å². The van der Waals surface area contributed by atoms with Gasteiger partial charge >= 0.3 is 0 Å². The second-order valence-electron chi connectivity index (χ2n) is 5.45. The molecular weight excluding hydrogens is 240 g/mol. The van der Waals surface area contributed by atoms with Gasteiger partial charge in [0.05, 0.1) is 17.5 Å². The maximum atomic E-state index is 5.97. The fourth-order valence-corrected chi connectivity index (χ4v) is 2.51. The Morgan fingerprint density at radius 1 is 1.32 bits per heavy atom. The van der Waals surface area contributed by atoms with Gasteiger partial charge in [-0.25, -0.2) is 9.97 Å². The summed E-state index contributed by atoms with van der Waals surface area (Å²) in [5.41, 5.74) is 8.91. The van der Waals surface area contributed by atoms with Gasteiger partial charge in [0.25, 0.3) is 0 Å². The molecule has 0 saturated heterocycles. The van der Waals surface area contributed by atoms with E-state index in [2.05, 4.69) is 42.2 Å². The summed E-state index contributed by atoms with van der Waals surface area (Å²) >= 11 is 0. The number of anilines is 1. The second kappa shape index (κ2) is 4.81. The monoisotopic (exact) mass is 262 g/mol. The summed E-state index contributed by atoms with van der Waals surface area (Å²) in [6.07, 6.45) is 1.51. The highest BCUT2D eigenvalue weighted by atomic mass is 16.5. The van der Waals surface area contributed by atoms with Crippen LogP contribution in [0.25, 0.3) is 11.0 Å². The molecule has 2 aromatic heterocycles. The lowest BCUT2D eigenvalue weighted by atomic mass is 10.1. The van der Waals surface area contributed by atoms with Crippen molar-refractivity contribution in [2.45, 2.75) is 46.8 Å². The van der Waals surface area contributed by atoms with Crippen LogP contribution in [0, 0.1) is 13.8 Å². The zero-order valence-corrected chi connectivity index (χ0v) is 12.3. The number of nitrogen functional groups attached to an aromatic ring is 1. The van der Waals surface area contributed by atoms with E-state index >= 15 is 0 Å². The first-order valence-corrected chi connectivity index (χ1v) is 6.57. The molecule has 19 heavy (non-hydrogen) atoms. The molecule has 0 unspecified atom stereocenters. The third kappa shape index (κ3) is 2.42. The van der Waals surface area contributed by atoms with Gasteiger partial charge in [-0.05, 0) is 40.2 Å². The van der Waals surface area contributed by atoms with Crippen molar-refractivity contribution in [2.24, 2.45) is 0 Å². The quantitative estimate of drug-likeness (QED) is 0.919. The Hall–Kier alpha value is -1.62. The molecule has 2 N–H and O–H groups in total. The number of hydrogen-bond donors (Lipinski definition) is 1. The van der Waals surface area contributed by atoms with Gasteiger partial charge in [-0.2, -0.15) is 0 Å². The maximum Gasteiger partial charge on any atom is 0.146 e.